The summed E-state index contributed by atoms with van der Waals surface area (Å²) in [6, 6.07) is -0.672. The molecule has 0 radical (unpaired) electrons. The van der Waals surface area contributed by atoms with Crippen molar-refractivity contribution in [2.24, 2.45) is 0 Å². The number of nitrogens with one attached hydrogen (secondary N) is 1. The molecule has 0 aromatic heterocycles. The Labute approximate surface area is 125 Å². The molecule has 3 atom stereocenters. The molecule has 0 saturated carbocycles. The molecular weight excluding hydrogens is 297 g/mol. The van der Waals surface area contributed by atoms with Crippen LogP contribution >= 0.6 is 8.25 Å². The van der Waals surface area contributed by atoms with Crippen LogP contribution in [0.1, 0.15) is 20.8 Å². The van der Waals surface area contributed by atoms with Crippen molar-refractivity contribution < 1.29 is 27.9 Å². The normalized spacial score (nSPS) is 14.3. The summed E-state index contributed by atoms with van der Waals surface area (Å²) in [4.78, 5) is 22.3. The number of hydrogen-bond acceptors (Lipinski definition) is 6. The molecule has 1 N–H and O–H groups in total. The molecule has 0 spiro atoms. The molecule has 1 amide bonds. The predicted octanol–water partition coefficient (Wildman–Crippen LogP) is 1.88. The molecule has 21 heavy (non-hydrogen) atoms. The van der Waals surface area contributed by atoms with E-state index in [4.69, 9.17) is 13.8 Å². The Balaban J connectivity index is 4.73. The maximum Gasteiger partial charge on any atom is 0.697 e. The van der Waals surface area contributed by atoms with Gasteiger partial charge in [-0.25, -0.2) is 0 Å². The predicted molar refractivity (Wildman–Crippen MR) is 77.7 cm³/mol. The van der Waals surface area contributed by atoms with E-state index in [1.54, 1.807) is 19.1 Å². The van der Waals surface area contributed by atoms with Crippen molar-refractivity contribution in [3.8, 4) is 0 Å². The van der Waals surface area contributed by atoms with Crippen molar-refractivity contribution in [2.45, 2.75) is 32.9 Å². The summed E-state index contributed by atoms with van der Waals surface area (Å²) in [6.07, 6.45) is 3.99. The third kappa shape index (κ3) is 9.90. The minimum absolute atomic E-state index is 0.0856. The summed E-state index contributed by atoms with van der Waals surface area (Å²) in [5.41, 5.74) is 0. The number of allylic oxidation sites excluding steroid dienone is 1. The van der Waals surface area contributed by atoms with Gasteiger partial charge in [-0.1, -0.05) is 12.2 Å². The van der Waals surface area contributed by atoms with Crippen LogP contribution in [0, 0.1) is 0 Å². The first-order valence-corrected chi connectivity index (χ1v) is 7.41. The van der Waals surface area contributed by atoms with Gasteiger partial charge in [0.05, 0.1) is 6.04 Å². The number of amides is 1. The average molecular weight is 318 g/mol. The van der Waals surface area contributed by atoms with Crippen LogP contribution in [0.25, 0.3) is 0 Å². The van der Waals surface area contributed by atoms with Crippen LogP contribution in [0.3, 0.4) is 0 Å². The van der Waals surface area contributed by atoms with E-state index in [2.05, 4.69) is 11.9 Å². The van der Waals surface area contributed by atoms with Crippen molar-refractivity contribution in [2.75, 3.05) is 13.2 Å². The minimum atomic E-state index is -2.34. The molecule has 8 heteroatoms. The zero-order valence-electron chi connectivity index (χ0n) is 12.4. The fourth-order valence-corrected chi connectivity index (χ4v) is 1.99. The van der Waals surface area contributed by atoms with E-state index in [9.17, 15) is 14.2 Å². The molecule has 1 unspecified atom stereocenters. The fourth-order valence-electron chi connectivity index (χ4n) is 1.41. The van der Waals surface area contributed by atoms with Gasteiger partial charge in [0.25, 0.3) is 0 Å². The van der Waals surface area contributed by atoms with Gasteiger partial charge in [0, 0.05) is 18.4 Å². The van der Waals surface area contributed by atoms with E-state index in [0.29, 0.717) is 0 Å². The highest BCUT2D eigenvalue weighted by Gasteiger charge is 2.29. The SMILES string of the molecule is C=CCO[P+](=O)OC[C@H](NC(C)=O)[C@@H](/C=C/C)OC(C)=O. The second-order valence-electron chi connectivity index (χ2n) is 4.01. The number of hydrogen-bond donors (Lipinski definition) is 1. The summed E-state index contributed by atoms with van der Waals surface area (Å²) in [6.45, 7) is 7.70. The van der Waals surface area contributed by atoms with Crippen molar-refractivity contribution in [1.29, 1.82) is 0 Å². The molecule has 0 aliphatic carbocycles. The second-order valence-corrected chi connectivity index (χ2v) is 4.97. The van der Waals surface area contributed by atoms with Gasteiger partial charge in [-0.15, -0.1) is 15.6 Å². The largest absolute Gasteiger partial charge is 0.697 e. The summed E-state index contributed by atoms with van der Waals surface area (Å²) >= 11 is 0. The molecule has 0 rings (SSSR count). The Hall–Kier alpha value is -1.56. The van der Waals surface area contributed by atoms with Crippen molar-refractivity contribution >= 4 is 20.1 Å². The van der Waals surface area contributed by atoms with Crippen LogP contribution in [0.2, 0.25) is 0 Å². The standard InChI is InChI=1S/C13H20NO6P/c1-5-7-13(20-11(4)16)12(14-10(3)15)9-19-21(17)18-8-6-2/h5-7,12-13H,2,8-9H2,1,3-4H3/p+1/b7-5+/t12-,13+/m0/s1. The second kappa shape index (κ2) is 11.1. The van der Waals surface area contributed by atoms with Gasteiger partial charge >= 0.3 is 14.2 Å². The summed E-state index contributed by atoms with van der Waals surface area (Å²) < 4.78 is 26.3. The first kappa shape index (κ1) is 19.4. The quantitative estimate of drug-likeness (QED) is 0.376. The monoisotopic (exact) mass is 318 g/mol. The maximum absolute atomic E-state index is 11.4. The van der Waals surface area contributed by atoms with Gasteiger partial charge in [-0.3, -0.25) is 9.59 Å². The summed E-state index contributed by atoms with van der Waals surface area (Å²) in [5.74, 6) is -0.826. The molecule has 0 bridgehead atoms. The van der Waals surface area contributed by atoms with Gasteiger partial charge in [0.2, 0.25) is 5.91 Å². The van der Waals surface area contributed by atoms with E-state index in [0.717, 1.165) is 0 Å². The molecule has 118 valence electrons. The molecule has 0 aromatic carbocycles. The van der Waals surface area contributed by atoms with Crippen LogP contribution in [-0.4, -0.2) is 37.2 Å². The maximum atomic E-state index is 11.4. The number of esters is 1. The van der Waals surface area contributed by atoms with Gasteiger partial charge in [-0.2, -0.15) is 0 Å². The van der Waals surface area contributed by atoms with Crippen molar-refractivity contribution in [3.05, 3.63) is 24.8 Å². The summed E-state index contributed by atoms with van der Waals surface area (Å²) in [7, 11) is -2.34. The highest BCUT2D eigenvalue weighted by atomic mass is 31.1. The molecular formula is C13H21NO6P+. The number of ether oxygens (including phenoxy) is 1. The Morgan fingerprint density at radius 2 is 2.00 bits per heavy atom. The lowest BCUT2D eigenvalue weighted by Gasteiger charge is -2.22. The number of carbonyl (C=O) groups is 2. The van der Waals surface area contributed by atoms with Crippen molar-refractivity contribution in [3.63, 3.8) is 0 Å². The van der Waals surface area contributed by atoms with E-state index >= 15 is 0 Å². The highest BCUT2D eigenvalue weighted by molar-refractivity contribution is 7.33. The third-order valence-corrected chi connectivity index (χ3v) is 2.85. The van der Waals surface area contributed by atoms with E-state index in [-0.39, 0.29) is 19.1 Å². The molecule has 7 nitrogen and oxygen atoms in total. The van der Waals surface area contributed by atoms with Crippen molar-refractivity contribution in [1.82, 2.24) is 5.32 Å². The van der Waals surface area contributed by atoms with E-state index < -0.39 is 26.4 Å². The van der Waals surface area contributed by atoms with Crippen LogP contribution < -0.4 is 5.32 Å². The Bertz CT molecular complexity index is 409. The molecule has 0 heterocycles. The van der Waals surface area contributed by atoms with E-state index in [1.165, 1.54) is 19.9 Å². The third-order valence-electron chi connectivity index (χ3n) is 2.13. The molecule has 0 aliphatic rings. The fraction of sp³-hybridized carbons (Fsp3) is 0.538. The lowest BCUT2D eigenvalue weighted by molar-refractivity contribution is -0.146. The topological polar surface area (TPSA) is 90.9 Å². The highest BCUT2D eigenvalue weighted by Crippen LogP contribution is 2.24. The molecule has 0 fully saturated rings. The van der Waals surface area contributed by atoms with Gasteiger partial charge < -0.3 is 10.1 Å². The number of carbonyl (C=O) groups excluding carboxylic acids is 2. The molecule has 0 aliphatic heterocycles. The van der Waals surface area contributed by atoms with Gasteiger partial charge in [-0.05, 0) is 13.0 Å². The Morgan fingerprint density at radius 1 is 1.33 bits per heavy atom. The smallest absolute Gasteiger partial charge is 0.456 e. The summed E-state index contributed by atoms with van der Waals surface area (Å²) in [5, 5.41) is 2.58. The van der Waals surface area contributed by atoms with Crippen LogP contribution in [0.4, 0.5) is 0 Å². The van der Waals surface area contributed by atoms with Crippen LogP contribution in [0.5, 0.6) is 0 Å². The lowest BCUT2D eigenvalue weighted by Crippen LogP contribution is -2.46. The zero-order valence-corrected chi connectivity index (χ0v) is 13.3. The molecule has 0 aromatic rings. The van der Waals surface area contributed by atoms with Gasteiger partial charge in [0.15, 0.2) is 0 Å². The van der Waals surface area contributed by atoms with E-state index in [1.807, 2.05) is 0 Å². The first-order chi connectivity index (χ1) is 9.90. The molecule has 0 saturated heterocycles. The van der Waals surface area contributed by atoms with Crippen LogP contribution in [0.15, 0.2) is 24.8 Å². The Kier molecular flexibility index (Phi) is 10.3. The minimum Gasteiger partial charge on any atom is -0.456 e. The van der Waals surface area contributed by atoms with Gasteiger partial charge in [0.1, 0.15) is 19.3 Å². The Morgan fingerprint density at radius 3 is 2.48 bits per heavy atom. The zero-order chi connectivity index (χ0) is 16.3. The van der Waals surface area contributed by atoms with Crippen LogP contribution in [-0.2, 0) is 27.9 Å². The average Bonchev–Trinajstić information content (AvgIpc) is 2.39. The first-order valence-electron chi connectivity index (χ1n) is 6.31. The lowest BCUT2D eigenvalue weighted by atomic mass is 10.1. The number of rotatable bonds is 10.